The van der Waals surface area contributed by atoms with Crippen molar-refractivity contribution in [3.63, 3.8) is 0 Å². The van der Waals surface area contributed by atoms with Crippen molar-refractivity contribution < 1.29 is 0 Å². The number of thiophene rings is 1. The molecule has 0 radical (unpaired) electrons. The number of likely N-dealkylation sites (N-methyl/N-ethyl adjacent to an activating group) is 1. The molecule has 3 unspecified atom stereocenters. The molecule has 102 valence electrons. The zero-order chi connectivity index (χ0) is 13.3. The van der Waals surface area contributed by atoms with Crippen LogP contribution >= 0.6 is 27.3 Å². The Labute approximate surface area is 123 Å². The fourth-order valence-corrected chi connectivity index (χ4v) is 5.03. The van der Waals surface area contributed by atoms with Crippen LogP contribution in [0.5, 0.6) is 0 Å². The molecule has 18 heavy (non-hydrogen) atoms. The fourth-order valence-electron chi connectivity index (χ4n) is 3.30. The summed E-state index contributed by atoms with van der Waals surface area (Å²) in [5, 5.41) is 2.12. The van der Waals surface area contributed by atoms with E-state index >= 15 is 0 Å². The summed E-state index contributed by atoms with van der Waals surface area (Å²) in [7, 11) is 4.36. The van der Waals surface area contributed by atoms with Crippen LogP contribution in [0, 0.1) is 5.92 Å². The molecule has 2 N–H and O–H groups in total. The van der Waals surface area contributed by atoms with E-state index in [2.05, 4.69) is 53.3 Å². The molecular formula is C14H23BrN2S. The lowest BCUT2D eigenvalue weighted by Crippen LogP contribution is -2.54. The SMILES string of the molecule is CC1CCCC(C(N)c2sccc2Br)(N(C)C)C1. The molecule has 1 fully saturated rings. The van der Waals surface area contributed by atoms with Crippen LogP contribution in [0.15, 0.2) is 15.9 Å². The highest BCUT2D eigenvalue weighted by Gasteiger charge is 2.43. The quantitative estimate of drug-likeness (QED) is 0.906. The van der Waals surface area contributed by atoms with Crippen molar-refractivity contribution in [3.8, 4) is 0 Å². The van der Waals surface area contributed by atoms with Gasteiger partial charge in [-0.3, -0.25) is 0 Å². The molecule has 0 spiro atoms. The van der Waals surface area contributed by atoms with E-state index in [1.807, 2.05) is 0 Å². The second-order valence-corrected chi connectivity index (χ2v) is 7.61. The van der Waals surface area contributed by atoms with Crippen molar-refractivity contribution in [2.45, 2.75) is 44.2 Å². The first-order chi connectivity index (χ1) is 8.47. The summed E-state index contributed by atoms with van der Waals surface area (Å²) in [5.41, 5.74) is 6.77. The van der Waals surface area contributed by atoms with Crippen molar-refractivity contribution in [3.05, 3.63) is 20.8 Å². The molecule has 1 aliphatic rings. The Kier molecular flexibility index (Phi) is 4.52. The van der Waals surface area contributed by atoms with Crippen LogP contribution in [0.3, 0.4) is 0 Å². The Morgan fingerprint density at radius 3 is 2.78 bits per heavy atom. The predicted octanol–water partition coefficient (Wildman–Crippen LogP) is 4.02. The molecule has 0 aliphatic heterocycles. The maximum atomic E-state index is 6.65. The molecule has 1 aromatic rings. The summed E-state index contributed by atoms with van der Waals surface area (Å²) in [6.07, 6.45) is 5.03. The molecule has 2 nitrogen and oxygen atoms in total. The van der Waals surface area contributed by atoms with Gasteiger partial charge < -0.3 is 10.6 Å². The van der Waals surface area contributed by atoms with Gasteiger partial charge in [-0.1, -0.05) is 19.8 Å². The Bertz CT molecular complexity index is 404. The Morgan fingerprint density at radius 1 is 1.56 bits per heavy atom. The Hall–Kier alpha value is 0.1000. The van der Waals surface area contributed by atoms with Gasteiger partial charge in [-0.05, 0) is 60.2 Å². The lowest BCUT2D eigenvalue weighted by molar-refractivity contribution is 0.0508. The van der Waals surface area contributed by atoms with E-state index in [0.717, 1.165) is 5.92 Å². The first kappa shape index (κ1) is 14.5. The summed E-state index contributed by atoms with van der Waals surface area (Å²) < 4.78 is 1.17. The second kappa shape index (κ2) is 5.61. The minimum Gasteiger partial charge on any atom is -0.322 e. The van der Waals surface area contributed by atoms with Crippen LogP contribution in [0.1, 0.15) is 43.5 Å². The molecule has 1 saturated carbocycles. The third-order valence-corrected chi connectivity index (χ3v) is 6.36. The second-order valence-electron chi connectivity index (χ2n) is 5.81. The topological polar surface area (TPSA) is 29.3 Å². The summed E-state index contributed by atoms with van der Waals surface area (Å²) in [4.78, 5) is 3.65. The van der Waals surface area contributed by atoms with Crippen molar-refractivity contribution in [2.75, 3.05) is 14.1 Å². The van der Waals surface area contributed by atoms with E-state index < -0.39 is 0 Å². The van der Waals surface area contributed by atoms with Crippen LogP contribution < -0.4 is 5.73 Å². The Morgan fingerprint density at radius 2 is 2.28 bits per heavy atom. The minimum atomic E-state index is 0.102. The van der Waals surface area contributed by atoms with Crippen molar-refractivity contribution >= 4 is 27.3 Å². The lowest BCUT2D eigenvalue weighted by Gasteiger charge is -2.48. The standard InChI is InChI=1S/C14H23BrN2S/c1-10-5-4-7-14(9-10,17(2)3)13(16)12-11(15)6-8-18-12/h6,8,10,13H,4-5,7,9,16H2,1-3H3. The molecule has 0 saturated heterocycles. The zero-order valence-corrected chi connectivity index (χ0v) is 13.9. The number of nitrogens with two attached hydrogens (primary N) is 1. The molecule has 2 rings (SSSR count). The monoisotopic (exact) mass is 330 g/mol. The highest BCUT2D eigenvalue weighted by molar-refractivity contribution is 9.10. The number of nitrogens with zero attached hydrogens (tertiary/aromatic N) is 1. The lowest BCUT2D eigenvalue weighted by atomic mass is 9.71. The predicted molar refractivity (Wildman–Crippen MR) is 83.0 cm³/mol. The van der Waals surface area contributed by atoms with Gasteiger partial charge in [0.15, 0.2) is 0 Å². The van der Waals surface area contributed by atoms with Crippen LogP contribution in [0.4, 0.5) is 0 Å². The molecule has 1 heterocycles. The third-order valence-electron chi connectivity index (χ3n) is 4.41. The smallest absolute Gasteiger partial charge is 0.0588 e. The average molecular weight is 331 g/mol. The zero-order valence-electron chi connectivity index (χ0n) is 11.4. The summed E-state index contributed by atoms with van der Waals surface area (Å²) in [6, 6.07) is 2.21. The van der Waals surface area contributed by atoms with E-state index in [9.17, 15) is 0 Å². The molecule has 1 aliphatic carbocycles. The van der Waals surface area contributed by atoms with Gasteiger partial charge in [-0.2, -0.15) is 0 Å². The molecule has 0 amide bonds. The maximum Gasteiger partial charge on any atom is 0.0588 e. The van der Waals surface area contributed by atoms with Crippen LogP contribution in [0.25, 0.3) is 0 Å². The normalized spacial score (nSPS) is 30.7. The van der Waals surface area contributed by atoms with Crippen molar-refractivity contribution in [1.29, 1.82) is 0 Å². The summed E-state index contributed by atoms with van der Waals surface area (Å²) in [5.74, 6) is 0.769. The fraction of sp³-hybridized carbons (Fsp3) is 0.714. The average Bonchev–Trinajstić information content (AvgIpc) is 2.74. The highest BCUT2D eigenvalue weighted by Crippen LogP contribution is 2.45. The third kappa shape index (κ3) is 2.53. The first-order valence-electron chi connectivity index (χ1n) is 6.63. The van der Waals surface area contributed by atoms with Gasteiger partial charge in [0, 0.05) is 14.9 Å². The van der Waals surface area contributed by atoms with Gasteiger partial charge >= 0.3 is 0 Å². The van der Waals surface area contributed by atoms with E-state index in [0.29, 0.717) is 0 Å². The maximum absolute atomic E-state index is 6.65. The number of halogens is 1. The van der Waals surface area contributed by atoms with E-state index in [-0.39, 0.29) is 11.6 Å². The summed E-state index contributed by atoms with van der Waals surface area (Å²) in [6.45, 7) is 2.35. The number of hydrogen-bond acceptors (Lipinski definition) is 3. The Balaban J connectivity index is 2.33. The van der Waals surface area contributed by atoms with Crippen molar-refractivity contribution in [1.82, 2.24) is 4.90 Å². The van der Waals surface area contributed by atoms with Crippen LogP contribution in [0.2, 0.25) is 0 Å². The summed E-state index contributed by atoms with van der Waals surface area (Å²) >= 11 is 5.40. The number of rotatable bonds is 3. The van der Waals surface area contributed by atoms with Crippen molar-refractivity contribution in [2.24, 2.45) is 11.7 Å². The molecule has 1 aromatic heterocycles. The molecule has 0 aromatic carbocycles. The molecule has 3 atom stereocenters. The van der Waals surface area contributed by atoms with Gasteiger partial charge in [-0.25, -0.2) is 0 Å². The first-order valence-corrected chi connectivity index (χ1v) is 8.30. The van der Waals surface area contributed by atoms with Gasteiger partial charge in [-0.15, -0.1) is 11.3 Å². The van der Waals surface area contributed by atoms with E-state index in [1.165, 1.54) is 35.0 Å². The molecular weight excluding hydrogens is 308 g/mol. The van der Waals surface area contributed by atoms with Crippen LogP contribution in [-0.2, 0) is 0 Å². The minimum absolute atomic E-state index is 0.102. The van der Waals surface area contributed by atoms with E-state index in [4.69, 9.17) is 5.73 Å². The van der Waals surface area contributed by atoms with Gasteiger partial charge in [0.2, 0.25) is 0 Å². The van der Waals surface area contributed by atoms with E-state index in [1.54, 1.807) is 11.3 Å². The molecule has 4 heteroatoms. The van der Waals surface area contributed by atoms with Gasteiger partial charge in [0.1, 0.15) is 0 Å². The van der Waals surface area contributed by atoms with Crippen LogP contribution in [-0.4, -0.2) is 24.5 Å². The number of hydrogen-bond donors (Lipinski definition) is 1. The highest BCUT2D eigenvalue weighted by atomic mass is 79.9. The van der Waals surface area contributed by atoms with Gasteiger partial charge in [0.05, 0.1) is 6.04 Å². The van der Waals surface area contributed by atoms with Gasteiger partial charge in [0.25, 0.3) is 0 Å². The molecule has 0 bridgehead atoms. The largest absolute Gasteiger partial charge is 0.322 e.